The Kier molecular flexibility index (Phi) is 3.28. The zero-order valence-electron chi connectivity index (χ0n) is 11.4. The summed E-state index contributed by atoms with van der Waals surface area (Å²) in [5.74, 6) is 0. The van der Waals surface area contributed by atoms with Gasteiger partial charge in [-0.25, -0.2) is 0 Å². The van der Waals surface area contributed by atoms with Crippen molar-refractivity contribution < 1.29 is 9.34 Å². The lowest BCUT2D eigenvalue weighted by atomic mass is 10.00. The van der Waals surface area contributed by atoms with Crippen LogP contribution in [0.25, 0.3) is 28.2 Å². The lowest BCUT2D eigenvalue weighted by Gasteiger charge is -2.05. The molecule has 0 unspecified atom stereocenters. The molecule has 21 heavy (non-hydrogen) atoms. The lowest BCUT2D eigenvalue weighted by molar-refractivity contribution is -0.384. The summed E-state index contributed by atoms with van der Waals surface area (Å²) in [6.45, 7) is 1.95. The van der Waals surface area contributed by atoms with Crippen molar-refractivity contribution >= 4 is 22.7 Å². The molecule has 0 aliphatic rings. The molecule has 0 amide bonds. The number of nitrogens with zero attached hydrogens (tertiary/aromatic N) is 1. The van der Waals surface area contributed by atoms with Gasteiger partial charge in [-0.3, -0.25) is 10.1 Å². The number of benzene rings is 2. The summed E-state index contributed by atoms with van der Waals surface area (Å²) < 4.78 is 5.54. The second kappa shape index (κ2) is 5.25. The van der Waals surface area contributed by atoms with Crippen molar-refractivity contribution in [3.63, 3.8) is 0 Å². The van der Waals surface area contributed by atoms with Gasteiger partial charge in [-0.05, 0) is 36.2 Å². The first kappa shape index (κ1) is 13.1. The van der Waals surface area contributed by atoms with Crippen LogP contribution in [0, 0.1) is 10.1 Å². The Morgan fingerprint density at radius 3 is 2.81 bits per heavy atom. The maximum atomic E-state index is 10.9. The van der Waals surface area contributed by atoms with Gasteiger partial charge in [0.2, 0.25) is 0 Å². The summed E-state index contributed by atoms with van der Waals surface area (Å²) in [6, 6.07) is 12.5. The van der Waals surface area contributed by atoms with E-state index in [4.69, 9.17) is 4.42 Å². The van der Waals surface area contributed by atoms with Crippen LogP contribution in [0.4, 0.5) is 5.69 Å². The van der Waals surface area contributed by atoms with E-state index in [-0.39, 0.29) is 5.69 Å². The largest absolute Gasteiger partial charge is 0.464 e. The van der Waals surface area contributed by atoms with E-state index in [1.807, 2.05) is 43.3 Å². The fraction of sp³-hybridized carbons (Fsp3) is 0.0588. The number of rotatable bonds is 3. The second-order valence-corrected chi connectivity index (χ2v) is 4.71. The van der Waals surface area contributed by atoms with Crippen LogP contribution in [-0.2, 0) is 0 Å². The molecule has 4 heteroatoms. The Balaban J connectivity index is 2.25. The molecule has 3 aromatic rings. The van der Waals surface area contributed by atoms with Gasteiger partial charge >= 0.3 is 0 Å². The molecule has 2 aromatic carbocycles. The average molecular weight is 279 g/mol. The number of hydrogen-bond donors (Lipinski definition) is 0. The Morgan fingerprint density at radius 1 is 1.19 bits per heavy atom. The molecular formula is C17H13NO3. The number of furan rings is 1. The molecule has 0 spiro atoms. The molecular weight excluding hydrogens is 266 g/mol. The predicted octanol–water partition coefficient (Wildman–Crippen LogP) is 5.04. The molecule has 0 radical (unpaired) electrons. The molecule has 0 N–H and O–H groups in total. The van der Waals surface area contributed by atoms with Crippen LogP contribution < -0.4 is 0 Å². The van der Waals surface area contributed by atoms with Crippen LogP contribution in [0.2, 0.25) is 0 Å². The molecule has 1 heterocycles. The van der Waals surface area contributed by atoms with E-state index in [1.165, 1.54) is 6.07 Å². The number of nitro benzene ring substituents is 1. The van der Waals surface area contributed by atoms with Crippen molar-refractivity contribution in [3.8, 4) is 11.1 Å². The number of hydrogen-bond acceptors (Lipinski definition) is 3. The van der Waals surface area contributed by atoms with Gasteiger partial charge in [-0.15, -0.1) is 0 Å². The molecule has 4 nitrogen and oxygen atoms in total. The number of non-ortho nitro benzene ring substituents is 1. The third kappa shape index (κ3) is 2.43. The summed E-state index contributed by atoms with van der Waals surface area (Å²) in [4.78, 5) is 10.5. The fourth-order valence-corrected chi connectivity index (χ4v) is 2.40. The topological polar surface area (TPSA) is 56.3 Å². The Hall–Kier alpha value is -2.88. The van der Waals surface area contributed by atoms with Gasteiger partial charge in [0.05, 0.1) is 11.2 Å². The second-order valence-electron chi connectivity index (χ2n) is 4.71. The molecule has 0 aliphatic heterocycles. The summed E-state index contributed by atoms with van der Waals surface area (Å²) in [6.07, 6.45) is 5.58. The maximum Gasteiger partial charge on any atom is 0.270 e. The van der Waals surface area contributed by atoms with Crippen LogP contribution in [-0.4, -0.2) is 4.92 Å². The van der Waals surface area contributed by atoms with Crippen molar-refractivity contribution in [2.24, 2.45) is 0 Å². The van der Waals surface area contributed by atoms with Crippen LogP contribution in [0.1, 0.15) is 12.5 Å². The molecule has 0 fully saturated rings. The molecule has 0 bridgehead atoms. The summed E-state index contributed by atoms with van der Waals surface area (Å²) in [5, 5.41) is 11.9. The number of nitro groups is 1. The minimum Gasteiger partial charge on any atom is -0.464 e. The smallest absolute Gasteiger partial charge is 0.270 e. The number of fused-ring (bicyclic) bond motifs is 1. The van der Waals surface area contributed by atoms with Gasteiger partial charge in [0, 0.05) is 23.1 Å². The summed E-state index contributed by atoms with van der Waals surface area (Å²) >= 11 is 0. The fourth-order valence-electron chi connectivity index (χ4n) is 2.40. The molecule has 1 aromatic heterocycles. The highest BCUT2D eigenvalue weighted by Crippen LogP contribution is 2.33. The van der Waals surface area contributed by atoms with Crippen molar-refractivity contribution in [3.05, 3.63) is 70.5 Å². The van der Waals surface area contributed by atoms with E-state index in [0.29, 0.717) is 0 Å². The summed E-state index contributed by atoms with van der Waals surface area (Å²) in [7, 11) is 0. The third-order valence-corrected chi connectivity index (χ3v) is 3.30. The van der Waals surface area contributed by atoms with E-state index in [2.05, 4.69) is 0 Å². The van der Waals surface area contributed by atoms with Gasteiger partial charge in [0.15, 0.2) is 0 Å². The van der Waals surface area contributed by atoms with E-state index in [9.17, 15) is 10.1 Å². The zero-order valence-corrected chi connectivity index (χ0v) is 11.4. The van der Waals surface area contributed by atoms with Crippen LogP contribution in [0.15, 0.2) is 59.2 Å². The monoisotopic (exact) mass is 279 g/mol. The maximum absolute atomic E-state index is 10.9. The highest BCUT2D eigenvalue weighted by molar-refractivity contribution is 5.94. The normalized spacial score (nSPS) is 11.3. The predicted molar refractivity (Wildman–Crippen MR) is 83.0 cm³/mol. The van der Waals surface area contributed by atoms with Gasteiger partial charge in [-0.2, -0.15) is 0 Å². The molecule has 104 valence electrons. The molecule has 0 aliphatic carbocycles. The van der Waals surface area contributed by atoms with Crippen molar-refractivity contribution in [2.75, 3.05) is 0 Å². The Labute approximate surface area is 121 Å². The number of allylic oxidation sites excluding steroid dienone is 1. The van der Waals surface area contributed by atoms with Gasteiger partial charge in [0.25, 0.3) is 5.69 Å². The van der Waals surface area contributed by atoms with Crippen molar-refractivity contribution in [2.45, 2.75) is 6.92 Å². The SMILES string of the molecule is CC=Cc1cc(-c2cccc([N+](=O)[O-])c2)c2occc2c1. The van der Waals surface area contributed by atoms with Crippen LogP contribution in [0.3, 0.4) is 0 Å². The van der Waals surface area contributed by atoms with Crippen LogP contribution >= 0.6 is 0 Å². The summed E-state index contributed by atoms with van der Waals surface area (Å²) in [5.41, 5.74) is 3.48. The molecule has 0 saturated heterocycles. The minimum atomic E-state index is -0.390. The first-order chi connectivity index (χ1) is 10.2. The van der Waals surface area contributed by atoms with E-state index in [0.717, 1.165) is 27.7 Å². The zero-order chi connectivity index (χ0) is 14.8. The lowest BCUT2D eigenvalue weighted by Crippen LogP contribution is -1.88. The third-order valence-electron chi connectivity index (χ3n) is 3.30. The first-order valence-corrected chi connectivity index (χ1v) is 6.58. The first-order valence-electron chi connectivity index (χ1n) is 6.58. The van der Waals surface area contributed by atoms with Gasteiger partial charge in [0.1, 0.15) is 5.58 Å². The van der Waals surface area contributed by atoms with E-state index >= 15 is 0 Å². The van der Waals surface area contributed by atoms with E-state index < -0.39 is 4.92 Å². The Bertz CT molecular complexity index is 846. The molecule has 0 atom stereocenters. The highest BCUT2D eigenvalue weighted by atomic mass is 16.6. The molecule has 3 rings (SSSR count). The van der Waals surface area contributed by atoms with Crippen LogP contribution in [0.5, 0.6) is 0 Å². The molecule has 0 saturated carbocycles. The standard InChI is InChI=1S/C17H13NO3/c1-2-4-12-9-14-7-8-21-17(14)16(10-12)13-5-3-6-15(11-13)18(19)20/h2-11H,1H3. The Morgan fingerprint density at radius 2 is 2.05 bits per heavy atom. The quantitative estimate of drug-likeness (QED) is 0.498. The van der Waals surface area contributed by atoms with Crippen molar-refractivity contribution in [1.82, 2.24) is 0 Å². The average Bonchev–Trinajstić information content (AvgIpc) is 2.95. The van der Waals surface area contributed by atoms with E-state index in [1.54, 1.807) is 18.4 Å². The minimum absolute atomic E-state index is 0.0728. The van der Waals surface area contributed by atoms with Gasteiger partial charge in [-0.1, -0.05) is 24.3 Å². The van der Waals surface area contributed by atoms with Crippen molar-refractivity contribution in [1.29, 1.82) is 0 Å². The van der Waals surface area contributed by atoms with Gasteiger partial charge < -0.3 is 4.42 Å². The highest BCUT2D eigenvalue weighted by Gasteiger charge is 2.12.